The molecule has 0 aromatic heterocycles. The average Bonchev–Trinajstić information content (AvgIpc) is 2.71. The third-order valence-corrected chi connectivity index (χ3v) is 3.61. The maximum Gasteiger partial charge on any atom is 0.186 e. The molecule has 0 aromatic carbocycles. The molecule has 0 radical (unpaired) electrons. The van der Waals surface area contributed by atoms with E-state index in [1.165, 1.54) is 0 Å². The van der Waals surface area contributed by atoms with Crippen LogP contribution in [-0.4, -0.2) is 104 Å². The van der Waals surface area contributed by atoms with Crippen LogP contribution >= 0.6 is 0 Å². The number of aliphatic hydroxyl groups excluding tert-OH is 7. The lowest BCUT2D eigenvalue weighted by Crippen LogP contribution is -2.59. The third-order valence-electron chi connectivity index (χ3n) is 3.61. The summed E-state index contributed by atoms with van der Waals surface area (Å²) in [5.41, 5.74) is 0. The number of rotatable bonds is 4. The smallest absolute Gasteiger partial charge is 0.186 e. The van der Waals surface area contributed by atoms with Crippen molar-refractivity contribution in [2.75, 3.05) is 13.2 Å². The van der Waals surface area contributed by atoms with E-state index in [0.29, 0.717) is 0 Å². The van der Waals surface area contributed by atoms with Crippen molar-refractivity contribution in [3.05, 3.63) is 0 Å². The molecule has 2 fully saturated rings. The van der Waals surface area contributed by atoms with Gasteiger partial charge in [-0.2, -0.15) is 0 Å². The van der Waals surface area contributed by atoms with Crippen LogP contribution in [-0.2, 0) is 14.2 Å². The van der Waals surface area contributed by atoms with Gasteiger partial charge in [0.15, 0.2) is 12.6 Å². The van der Waals surface area contributed by atoms with Crippen LogP contribution in [0.3, 0.4) is 0 Å². The highest BCUT2D eigenvalue weighted by Crippen LogP contribution is 2.24. The van der Waals surface area contributed by atoms with E-state index in [2.05, 4.69) is 0 Å². The molecule has 0 amide bonds. The van der Waals surface area contributed by atoms with E-state index in [9.17, 15) is 30.6 Å². The lowest BCUT2D eigenvalue weighted by molar-refractivity contribution is -0.306. The molecule has 0 saturated carbocycles. The highest BCUT2D eigenvalue weighted by atomic mass is 16.7. The van der Waals surface area contributed by atoms with Gasteiger partial charge in [0, 0.05) is 0 Å². The predicted octanol–water partition coefficient (Wildman–Crippen LogP) is -4.76. The summed E-state index contributed by atoms with van der Waals surface area (Å²) in [5, 5.41) is 66.0. The van der Waals surface area contributed by atoms with Crippen molar-refractivity contribution >= 4 is 0 Å². The summed E-state index contributed by atoms with van der Waals surface area (Å²) in [7, 11) is 0. The van der Waals surface area contributed by atoms with Gasteiger partial charge in [0.2, 0.25) is 0 Å². The minimum absolute atomic E-state index is 0.349. The molecule has 9 atom stereocenters. The minimum atomic E-state index is -1.58. The van der Waals surface area contributed by atoms with Gasteiger partial charge in [-0.05, 0) is 0 Å². The topological polar surface area (TPSA) is 169 Å². The quantitative estimate of drug-likeness (QED) is 0.267. The van der Waals surface area contributed by atoms with E-state index < -0.39 is 61.9 Å². The zero-order valence-electron chi connectivity index (χ0n) is 11.0. The number of ether oxygens (including phenoxy) is 3. The zero-order chi connectivity index (χ0) is 15.7. The van der Waals surface area contributed by atoms with Gasteiger partial charge in [0.1, 0.15) is 42.7 Å². The standard InChI is InChI=1S/C11H20O10/c12-1-3-5(13)7(15)9(17)11(21-3)19-2-4-6(14)8(16)10(18)20-4/h3-18H,1-2H2/t3-,4-,5-,6-,7+,8+,9+,10-,11+/m1/s1. The molecule has 0 aromatic rings. The Morgan fingerprint density at radius 3 is 1.86 bits per heavy atom. The normalized spacial score (nSPS) is 51.3. The van der Waals surface area contributed by atoms with Crippen molar-refractivity contribution in [2.24, 2.45) is 0 Å². The highest BCUT2D eigenvalue weighted by Gasteiger charge is 2.46. The van der Waals surface area contributed by atoms with Crippen LogP contribution in [0.25, 0.3) is 0 Å². The fourth-order valence-electron chi connectivity index (χ4n) is 2.26. The van der Waals surface area contributed by atoms with E-state index in [4.69, 9.17) is 19.3 Å². The van der Waals surface area contributed by atoms with Crippen molar-refractivity contribution in [3.63, 3.8) is 0 Å². The molecule has 0 bridgehead atoms. The van der Waals surface area contributed by atoms with E-state index >= 15 is 0 Å². The number of hydrogen-bond donors (Lipinski definition) is 7. The van der Waals surface area contributed by atoms with E-state index in [0.717, 1.165) is 0 Å². The average molecular weight is 312 g/mol. The first-order valence-electron chi connectivity index (χ1n) is 6.48. The molecule has 10 nitrogen and oxygen atoms in total. The van der Waals surface area contributed by atoms with Gasteiger partial charge in [-0.15, -0.1) is 0 Å². The Morgan fingerprint density at radius 1 is 0.714 bits per heavy atom. The van der Waals surface area contributed by atoms with Gasteiger partial charge in [-0.1, -0.05) is 0 Å². The Balaban J connectivity index is 1.90. The summed E-state index contributed by atoms with van der Waals surface area (Å²) in [4.78, 5) is 0. The first-order valence-corrected chi connectivity index (χ1v) is 6.48. The van der Waals surface area contributed by atoms with Crippen LogP contribution in [0.15, 0.2) is 0 Å². The SMILES string of the molecule is OC[C@H]1O[C@H](OC[C@H]2O[C@@H](O)[C@@H](O)[C@@H]2O)[C@@H](O)[C@@H](O)[C@@H]1O. The van der Waals surface area contributed by atoms with Crippen LogP contribution < -0.4 is 0 Å². The van der Waals surface area contributed by atoms with E-state index in [1.54, 1.807) is 0 Å². The molecule has 2 rings (SSSR count). The second kappa shape index (κ2) is 6.79. The molecule has 21 heavy (non-hydrogen) atoms. The minimum Gasteiger partial charge on any atom is -0.394 e. The Bertz CT molecular complexity index is 339. The molecule has 124 valence electrons. The predicted molar refractivity (Wildman–Crippen MR) is 62.6 cm³/mol. The summed E-state index contributed by atoms with van der Waals surface area (Å²) in [6.07, 6.45) is -12.6. The van der Waals surface area contributed by atoms with Gasteiger partial charge in [-0.3, -0.25) is 0 Å². The maximum absolute atomic E-state index is 9.72. The van der Waals surface area contributed by atoms with Crippen LogP contribution in [0.5, 0.6) is 0 Å². The molecular weight excluding hydrogens is 292 g/mol. The molecule has 2 aliphatic rings. The molecule has 2 saturated heterocycles. The van der Waals surface area contributed by atoms with Crippen molar-refractivity contribution in [2.45, 2.75) is 55.3 Å². The van der Waals surface area contributed by atoms with Crippen LogP contribution in [0.2, 0.25) is 0 Å². The Labute approximate surface area is 119 Å². The zero-order valence-corrected chi connectivity index (χ0v) is 11.0. The van der Waals surface area contributed by atoms with Crippen LogP contribution in [0.4, 0.5) is 0 Å². The summed E-state index contributed by atoms with van der Waals surface area (Å²) in [6, 6.07) is 0. The molecular formula is C11H20O10. The molecule has 7 N–H and O–H groups in total. The van der Waals surface area contributed by atoms with Gasteiger partial charge in [0.05, 0.1) is 13.2 Å². The van der Waals surface area contributed by atoms with Crippen molar-refractivity contribution < 1.29 is 50.0 Å². The number of hydrogen-bond acceptors (Lipinski definition) is 10. The highest BCUT2D eigenvalue weighted by molar-refractivity contribution is 4.90. The van der Waals surface area contributed by atoms with Crippen molar-refractivity contribution in [3.8, 4) is 0 Å². The van der Waals surface area contributed by atoms with Gasteiger partial charge >= 0.3 is 0 Å². The molecule has 0 unspecified atom stereocenters. The molecule has 0 aliphatic carbocycles. The summed E-state index contributed by atoms with van der Waals surface area (Å²) in [5.74, 6) is 0. The van der Waals surface area contributed by atoms with E-state index in [-0.39, 0.29) is 6.61 Å². The first kappa shape index (κ1) is 17.0. The van der Waals surface area contributed by atoms with Gasteiger partial charge in [-0.25, -0.2) is 0 Å². The second-order valence-electron chi connectivity index (χ2n) is 5.08. The molecule has 0 spiro atoms. The molecule has 10 heteroatoms. The van der Waals surface area contributed by atoms with Crippen LogP contribution in [0, 0.1) is 0 Å². The molecule has 2 heterocycles. The van der Waals surface area contributed by atoms with Gasteiger partial charge < -0.3 is 50.0 Å². The Hall–Kier alpha value is -0.400. The summed E-state index contributed by atoms with van der Waals surface area (Å²) >= 11 is 0. The largest absolute Gasteiger partial charge is 0.394 e. The fourth-order valence-corrected chi connectivity index (χ4v) is 2.26. The molecule has 2 aliphatic heterocycles. The Kier molecular flexibility index (Phi) is 5.48. The first-order chi connectivity index (χ1) is 9.86. The lowest BCUT2D eigenvalue weighted by atomic mass is 9.99. The second-order valence-corrected chi connectivity index (χ2v) is 5.08. The van der Waals surface area contributed by atoms with Gasteiger partial charge in [0.25, 0.3) is 0 Å². The van der Waals surface area contributed by atoms with Crippen molar-refractivity contribution in [1.82, 2.24) is 0 Å². The summed E-state index contributed by atoms with van der Waals surface area (Å²) in [6.45, 7) is -0.942. The Morgan fingerprint density at radius 2 is 1.33 bits per heavy atom. The monoisotopic (exact) mass is 312 g/mol. The van der Waals surface area contributed by atoms with Crippen molar-refractivity contribution in [1.29, 1.82) is 0 Å². The summed E-state index contributed by atoms with van der Waals surface area (Å²) < 4.78 is 15.1. The third kappa shape index (κ3) is 3.35. The lowest BCUT2D eigenvalue weighted by Gasteiger charge is -2.39. The van der Waals surface area contributed by atoms with E-state index in [1.807, 2.05) is 0 Å². The fraction of sp³-hybridized carbons (Fsp3) is 1.00. The maximum atomic E-state index is 9.72. The van der Waals surface area contributed by atoms with Crippen LogP contribution in [0.1, 0.15) is 0 Å². The number of aliphatic hydroxyl groups is 7.